The van der Waals surface area contributed by atoms with Gasteiger partial charge in [-0.15, -0.1) is 10.2 Å². The quantitative estimate of drug-likeness (QED) is 0.742. The molecule has 0 aliphatic carbocycles. The van der Waals surface area contributed by atoms with Crippen LogP contribution in [0.4, 0.5) is 5.69 Å². The van der Waals surface area contributed by atoms with Gasteiger partial charge in [0.2, 0.25) is 0 Å². The van der Waals surface area contributed by atoms with Crippen LogP contribution in [-0.4, -0.2) is 21.3 Å². The molecule has 0 unspecified atom stereocenters. The number of aromatic nitrogens is 3. The molecule has 4 rings (SSSR count). The molecule has 0 radical (unpaired) electrons. The van der Waals surface area contributed by atoms with E-state index in [0.29, 0.717) is 5.92 Å². The van der Waals surface area contributed by atoms with Gasteiger partial charge >= 0.3 is 0 Å². The minimum atomic E-state index is 0.303. The number of nitrogens with one attached hydrogen (secondary N) is 1. The number of fused-ring (bicyclic) bond motifs is 3. The largest absolute Gasteiger partial charge is 0.383 e. The zero-order chi connectivity index (χ0) is 15.1. The molecule has 1 N–H and O–H groups in total. The Morgan fingerprint density at radius 3 is 2.73 bits per heavy atom. The predicted octanol–water partition coefficient (Wildman–Crippen LogP) is 3.77. The summed E-state index contributed by atoms with van der Waals surface area (Å²) < 4.78 is 2.20. The Balaban J connectivity index is 2.01. The number of aryl methyl sites for hydroxylation is 1. The molecule has 1 aliphatic heterocycles. The second kappa shape index (κ2) is 4.98. The molecule has 0 saturated carbocycles. The smallest absolute Gasteiger partial charge is 0.168 e. The molecule has 0 spiro atoms. The molecule has 0 fully saturated rings. The zero-order valence-electron chi connectivity index (χ0n) is 12.7. The van der Waals surface area contributed by atoms with Gasteiger partial charge < -0.3 is 5.32 Å². The number of hydrogen-bond acceptors (Lipinski definition) is 3. The molecule has 2 aromatic carbocycles. The van der Waals surface area contributed by atoms with Crippen LogP contribution in [0.25, 0.3) is 17.1 Å². The summed E-state index contributed by atoms with van der Waals surface area (Å²) in [5.41, 5.74) is 4.58. The maximum absolute atomic E-state index is 4.48. The first kappa shape index (κ1) is 13.1. The first-order valence-corrected chi connectivity index (χ1v) is 7.59. The molecule has 0 amide bonds. The lowest BCUT2D eigenvalue weighted by molar-refractivity contribution is 0.725. The SMILES string of the molecule is Cc1ccc2c(c1)-n1c(-c3ccccc3)nnc1[C@H](C)CN2. The van der Waals surface area contributed by atoms with Gasteiger partial charge in [0.1, 0.15) is 5.82 Å². The van der Waals surface area contributed by atoms with E-state index >= 15 is 0 Å². The molecule has 0 bridgehead atoms. The third-order valence-corrected chi connectivity index (χ3v) is 4.15. The van der Waals surface area contributed by atoms with E-state index in [1.165, 1.54) is 5.56 Å². The van der Waals surface area contributed by atoms with Crippen LogP contribution in [0.3, 0.4) is 0 Å². The summed E-state index contributed by atoms with van der Waals surface area (Å²) in [6.07, 6.45) is 0. The van der Waals surface area contributed by atoms with Crippen molar-refractivity contribution in [3.05, 3.63) is 59.9 Å². The van der Waals surface area contributed by atoms with E-state index in [9.17, 15) is 0 Å². The van der Waals surface area contributed by atoms with E-state index in [0.717, 1.165) is 35.1 Å². The van der Waals surface area contributed by atoms with E-state index in [1.807, 2.05) is 18.2 Å². The minimum absolute atomic E-state index is 0.303. The molecule has 1 aromatic heterocycles. The van der Waals surface area contributed by atoms with Gasteiger partial charge in [-0.2, -0.15) is 0 Å². The summed E-state index contributed by atoms with van der Waals surface area (Å²) in [7, 11) is 0. The zero-order valence-corrected chi connectivity index (χ0v) is 12.7. The van der Waals surface area contributed by atoms with Crippen LogP contribution in [-0.2, 0) is 0 Å². The molecule has 110 valence electrons. The summed E-state index contributed by atoms with van der Waals surface area (Å²) in [4.78, 5) is 0. The van der Waals surface area contributed by atoms with E-state index < -0.39 is 0 Å². The lowest BCUT2D eigenvalue weighted by Crippen LogP contribution is -2.09. The summed E-state index contributed by atoms with van der Waals surface area (Å²) in [5, 5.41) is 12.5. The Bertz CT molecular complexity index is 820. The monoisotopic (exact) mass is 290 g/mol. The number of rotatable bonds is 1. The van der Waals surface area contributed by atoms with Crippen LogP contribution in [0.15, 0.2) is 48.5 Å². The average molecular weight is 290 g/mol. The van der Waals surface area contributed by atoms with Crippen molar-refractivity contribution in [2.75, 3.05) is 11.9 Å². The molecule has 4 nitrogen and oxygen atoms in total. The summed E-state index contributed by atoms with van der Waals surface area (Å²) in [6, 6.07) is 16.7. The molecule has 2 heterocycles. The van der Waals surface area contributed by atoms with Crippen molar-refractivity contribution in [3.8, 4) is 17.1 Å². The molecule has 4 heteroatoms. The third kappa shape index (κ3) is 1.99. The Labute approximate surface area is 129 Å². The topological polar surface area (TPSA) is 42.7 Å². The predicted molar refractivity (Wildman–Crippen MR) is 88.4 cm³/mol. The standard InChI is InChI=1S/C18H18N4/c1-12-8-9-15-16(10-12)22-17(13(2)11-19-15)20-21-18(22)14-6-4-3-5-7-14/h3-10,13,19H,11H2,1-2H3/t13-/m1/s1. The summed E-state index contributed by atoms with van der Waals surface area (Å²) >= 11 is 0. The van der Waals surface area contributed by atoms with Gasteiger partial charge in [-0.25, -0.2) is 0 Å². The Morgan fingerprint density at radius 1 is 1.09 bits per heavy atom. The van der Waals surface area contributed by atoms with Gasteiger partial charge in [0, 0.05) is 18.0 Å². The highest BCUT2D eigenvalue weighted by Crippen LogP contribution is 2.33. The van der Waals surface area contributed by atoms with Crippen LogP contribution >= 0.6 is 0 Å². The summed E-state index contributed by atoms with van der Waals surface area (Å²) in [5.74, 6) is 2.21. The fourth-order valence-corrected chi connectivity index (χ4v) is 2.96. The van der Waals surface area contributed by atoms with Gasteiger partial charge in [0.25, 0.3) is 0 Å². The van der Waals surface area contributed by atoms with Crippen molar-refractivity contribution in [3.63, 3.8) is 0 Å². The van der Waals surface area contributed by atoms with Crippen molar-refractivity contribution < 1.29 is 0 Å². The second-order valence-electron chi connectivity index (χ2n) is 5.89. The van der Waals surface area contributed by atoms with E-state index in [4.69, 9.17) is 0 Å². The van der Waals surface area contributed by atoms with Gasteiger partial charge in [-0.05, 0) is 24.6 Å². The second-order valence-corrected chi connectivity index (χ2v) is 5.89. The summed E-state index contributed by atoms with van der Waals surface area (Å²) in [6.45, 7) is 5.16. The maximum Gasteiger partial charge on any atom is 0.168 e. The number of hydrogen-bond donors (Lipinski definition) is 1. The number of benzene rings is 2. The lowest BCUT2D eigenvalue weighted by atomic mass is 10.1. The third-order valence-electron chi connectivity index (χ3n) is 4.15. The van der Waals surface area contributed by atoms with Crippen LogP contribution in [0, 0.1) is 6.92 Å². The van der Waals surface area contributed by atoms with Crippen molar-refractivity contribution in [1.82, 2.24) is 14.8 Å². The van der Waals surface area contributed by atoms with E-state index in [-0.39, 0.29) is 0 Å². The van der Waals surface area contributed by atoms with Crippen molar-refractivity contribution in [2.24, 2.45) is 0 Å². The average Bonchev–Trinajstić information content (AvgIpc) is 2.94. The molecule has 3 aromatic rings. The van der Waals surface area contributed by atoms with Crippen molar-refractivity contribution in [1.29, 1.82) is 0 Å². The molecular weight excluding hydrogens is 272 g/mol. The highest BCUT2D eigenvalue weighted by atomic mass is 15.3. The van der Waals surface area contributed by atoms with Crippen molar-refractivity contribution >= 4 is 5.69 Å². The highest BCUT2D eigenvalue weighted by Gasteiger charge is 2.24. The maximum atomic E-state index is 4.48. The van der Waals surface area contributed by atoms with Crippen LogP contribution in [0.5, 0.6) is 0 Å². The van der Waals surface area contributed by atoms with E-state index in [1.54, 1.807) is 0 Å². The number of nitrogens with zero attached hydrogens (tertiary/aromatic N) is 3. The van der Waals surface area contributed by atoms with Gasteiger partial charge in [-0.3, -0.25) is 4.57 Å². The van der Waals surface area contributed by atoms with Gasteiger partial charge in [0.05, 0.1) is 11.4 Å². The fraction of sp³-hybridized carbons (Fsp3) is 0.222. The highest BCUT2D eigenvalue weighted by molar-refractivity contribution is 5.68. The van der Waals surface area contributed by atoms with Gasteiger partial charge in [0.15, 0.2) is 5.82 Å². The van der Waals surface area contributed by atoms with Crippen molar-refractivity contribution in [2.45, 2.75) is 19.8 Å². The van der Waals surface area contributed by atoms with Gasteiger partial charge in [-0.1, -0.05) is 43.3 Å². The van der Waals surface area contributed by atoms with Crippen LogP contribution in [0.1, 0.15) is 24.2 Å². The molecule has 0 saturated heterocycles. The first-order chi connectivity index (χ1) is 10.7. The molecular formula is C18H18N4. The Morgan fingerprint density at radius 2 is 1.91 bits per heavy atom. The van der Waals surface area contributed by atoms with Crippen LogP contribution < -0.4 is 5.32 Å². The number of anilines is 1. The Kier molecular flexibility index (Phi) is 2.96. The normalized spacial score (nSPS) is 16.4. The first-order valence-electron chi connectivity index (χ1n) is 7.59. The Hall–Kier alpha value is -2.62. The molecule has 1 atom stereocenters. The lowest BCUT2D eigenvalue weighted by Gasteiger charge is -2.13. The minimum Gasteiger partial charge on any atom is -0.383 e. The molecule has 22 heavy (non-hydrogen) atoms. The van der Waals surface area contributed by atoms with Crippen LogP contribution in [0.2, 0.25) is 0 Å². The molecule has 1 aliphatic rings. The fourth-order valence-electron chi connectivity index (χ4n) is 2.96. The van der Waals surface area contributed by atoms with E-state index in [2.05, 4.69) is 64.3 Å².